The third kappa shape index (κ3) is 3.34. The van der Waals surface area contributed by atoms with E-state index in [0.717, 1.165) is 5.69 Å². The number of aromatic nitrogens is 2. The van der Waals surface area contributed by atoms with Gasteiger partial charge in [0.2, 0.25) is 5.91 Å². The van der Waals surface area contributed by atoms with Gasteiger partial charge in [0.1, 0.15) is 27.6 Å². The van der Waals surface area contributed by atoms with E-state index < -0.39 is 23.3 Å². The molecule has 2 amide bonds. The number of hydrogen-bond acceptors (Lipinski definition) is 8. The minimum Gasteiger partial charge on any atom is -0.477 e. The predicted octanol–water partition coefficient (Wildman–Crippen LogP) is 0.846. The molecule has 1 aromatic carbocycles. The van der Waals surface area contributed by atoms with E-state index in [1.54, 1.807) is 0 Å². The van der Waals surface area contributed by atoms with Gasteiger partial charge in [0.25, 0.3) is 5.91 Å². The topological polar surface area (TPSA) is 125 Å². The Kier molecular flexibility index (Phi) is 5.01. The maximum Gasteiger partial charge on any atom is 0.353 e. The van der Waals surface area contributed by atoms with Gasteiger partial charge in [0, 0.05) is 17.0 Å². The monoisotopic (exact) mass is 417 g/mol. The van der Waals surface area contributed by atoms with Gasteiger partial charge in [-0.05, 0) is 12.1 Å². The lowest BCUT2D eigenvalue weighted by Gasteiger charge is -2.49. The number of benzene rings is 1. The van der Waals surface area contributed by atoms with Gasteiger partial charge >= 0.3 is 5.97 Å². The molecular formula is C17H15N5O4S2. The molecule has 0 bridgehead atoms. The normalized spacial score (nSPS) is 21.0. The molecule has 3 N–H and O–H groups in total. The first-order chi connectivity index (χ1) is 13.6. The van der Waals surface area contributed by atoms with Gasteiger partial charge in [-0.2, -0.15) is 0 Å². The van der Waals surface area contributed by atoms with E-state index in [4.69, 9.17) is 0 Å². The number of carbonyl (C=O) groups excluding carboxylic acids is 2. The number of aliphatic carboxylic acids is 1. The maximum atomic E-state index is 12.6. The van der Waals surface area contributed by atoms with Crippen LogP contribution in [0.3, 0.4) is 0 Å². The van der Waals surface area contributed by atoms with Gasteiger partial charge in [-0.1, -0.05) is 18.2 Å². The van der Waals surface area contributed by atoms with Crippen molar-refractivity contribution < 1.29 is 19.5 Å². The highest BCUT2D eigenvalue weighted by atomic mass is 32.2. The first-order valence-corrected chi connectivity index (χ1v) is 10.2. The van der Waals surface area contributed by atoms with Crippen molar-refractivity contribution in [2.24, 2.45) is 0 Å². The molecule has 2 aromatic rings. The number of nitrogens with zero attached hydrogens (tertiary/aromatic N) is 3. The molecule has 0 saturated carbocycles. The number of para-hydroxylation sites is 1. The van der Waals surface area contributed by atoms with Crippen LogP contribution in [0, 0.1) is 0 Å². The summed E-state index contributed by atoms with van der Waals surface area (Å²) >= 11 is 2.62. The van der Waals surface area contributed by atoms with Crippen LogP contribution in [0.1, 0.15) is 5.01 Å². The lowest BCUT2D eigenvalue weighted by molar-refractivity contribution is -0.150. The second-order valence-electron chi connectivity index (χ2n) is 6.05. The quantitative estimate of drug-likeness (QED) is 0.591. The Morgan fingerprint density at radius 2 is 2.07 bits per heavy atom. The van der Waals surface area contributed by atoms with Gasteiger partial charge < -0.3 is 15.7 Å². The van der Waals surface area contributed by atoms with Crippen LogP contribution in [0.15, 0.2) is 41.5 Å². The van der Waals surface area contributed by atoms with Gasteiger partial charge in [-0.3, -0.25) is 14.5 Å². The third-order valence-corrected chi connectivity index (χ3v) is 6.36. The zero-order valence-corrected chi connectivity index (χ0v) is 16.0. The third-order valence-electron chi connectivity index (χ3n) is 4.33. The fourth-order valence-electron chi connectivity index (χ4n) is 3.05. The Labute approximate surface area is 167 Å². The van der Waals surface area contributed by atoms with Crippen LogP contribution < -0.4 is 10.6 Å². The van der Waals surface area contributed by atoms with Crippen molar-refractivity contribution in [3.63, 3.8) is 0 Å². The second kappa shape index (κ2) is 7.60. The molecule has 11 heteroatoms. The molecule has 9 nitrogen and oxygen atoms in total. The summed E-state index contributed by atoms with van der Waals surface area (Å²) < 4.78 is 0. The molecule has 0 spiro atoms. The van der Waals surface area contributed by atoms with Crippen molar-refractivity contribution in [2.75, 3.05) is 17.6 Å². The number of amides is 2. The van der Waals surface area contributed by atoms with Crippen molar-refractivity contribution in [3.8, 4) is 0 Å². The summed E-state index contributed by atoms with van der Waals surface area (Å²) in [5.74, 6) is -1.60. The molecule has 3 heterocycles. The second-order valence-corrected chi connectivity index (χ2v) is 7.99. The number of carbonyl (C=O) groups is 3. The average molecular weight is 417 g/mol. The highest BCUT2D eigenvalue weighted by Gasteiger charge is 2.54. The molecule has 0 aliphatic carbocycles. The maximum absolute atomic E-state index is 12.6. The van der Waals surface area contributed by atoms with Gasteiger partial charge in [0.15, 0.2) is 0 Å². The number of anilines is 1. The van der Waals surface area contributed by atoms with Crippen molar-refractivity contribution in [1.29, 1.82) is 0 Å². The van der Waals surface area contributed by atoms with Crippen LogP contribution in [0.5, 0.6) is 0 Å². The molecule has 2 aliphatic rings. The first-order valence-electron chi connectivity index (χ1n) is 8.32. The minimum atomic E-state index is -1.20. The summed E-state index contributed by atoms with van der Waals surface area (Å²) in [5, 5.41) is 23.0. The zero-order valence-electron chi connectivity index (χ0n) is 14.4. The van der Waals surface area contributed by atoms with Gasteiger partial charge in [-0.15, -0.1) is 33.3 Å². The van der Waals surface area contributed by atoms with Crippen molar-refractivity contribution in [3.05, 3.63) is 46.5 Å². The number of carboxylic acid groups (broad SMARTS) is 1. The van der Waals surface area contributed by atoms with Gasteiger partial charge in [0.05, 0.1) is 6.54 Å². The van der Waals surface area contributed by atoms with Crippen molar-refractivity contribution in [2.45, 2.75) is 11.4 Å². The van der Waals surface area contributed by atoms with Crippen molar-refractivity contribution in [1.82, 2.24) is 20.4 Å². The summed E-state index contributed by atoms with van der Waals surface area (Å²) in [6.07, 6.45) is 0. The number of nitrogens with one attached hydrogen (secondary N) is 2. The zero-order chi connectivity index (χ0) is 19.7. The lowest BCUT2D eigenvalue weighted by Crippen LogP contribution is -2.70. The molecule has 2 atom stereocenters. The number of fused-ring (bicyclic) bond motifs is 1. The molecule has 2 aliphatic heterocycles. The lowest BCUT2D eigenvalue weighted by atomic mass is 10.0. The summed E-state index contributed by atoms with van der Waals surface area (Å²) in [6, 6.07) is 8.49. The standard InChI is InChI=1S/C17H15N5O4S2/c23-11(6-18-9-4-2-1-3-5-9)20-12-15(24)22-13(17(25)26)10(7-27-16(12)22)14-21-19-8-28-14/h1-5,8,12,16,18H,6-7H2,(H,20,23)(H,25,26)/t12?,16-/m1/s1. The Hall–Kier alpha value is -2.92. The minimum absolute atomic E-state index is 0.0167. The van der Waals surface area contributed by atoms with E-state index in [2.05, 4.69) is 20.8 Å². The SMILES string of the molecule is O=C(CNc1ccccc1)NC1C(=O)N2C(C(=O)O)=C(c3nncs3)CS[C@H]12. The molecule has 1 unspecified atom stereocenters. The summed E-state index contributed by atoms with van der Waals surface area (Å²) in [6.45, 7) is 0.0167. The van der Waals surface area contributed by atoms with E-state index in [1.807, 2.05) is 30.3 Å². The fraction of sp³-hybridized carbons (Fsp3) is 0.235. The smallest absolute Gasteiger partial charge is 0.353 e. The molecule has 4 rings (SSSR count). The van der Waals surface area contributed by atoms with E-state index >= 15 is 0 Å². The highest BCUT2D eigenvalue weighted by Crippen LogP contribution is 2.43. The number of carboxylic acids is 1. The largest absolute Gasteiger partial charge is 0.477 e. The van der Waals surface area contributed by atoms with E-state index in [-0.39, 0.29) is 18.1 Å². The average Bonchev–Trinajstić information content (AvgIpc) is 3.24. The van der Waals surface area contributed by atoms with Crippen LogP contribution in [0.4, 0.5) is 5.69 Å². The van der Waals surface area contributed by atoms with Crippen LogP contribution in [-0.2, 0) is 14.4 Å². The predicted molar refractivity (Wildman–Crippen MR) is 104 cm³/mol. The number of hydrogen-bond donors (Lipinski definition) is 3. The molecule has 1 fully saturated rings. The van der Waals surface area contributed by atoms with E-state index in [9.17, 15) is 19.5 Å². The van der Waals surface area contributed by atoms with Crippen molar-refractivity contribution >= 4 is 52.1 Å². The first kappa shape index (κ1) is 18.4. The van der Waals surface area contributed by atoms with E-state index in [1.165, 1.54) is 33.5 Å². The summed E-state index contributed by atoms with van der Waals surface area (Å²) in [4.78, 5) is 37.8. The molecule has 0 radical (unpaired) electrons. The summed E-state index contributed by atoms with van der Waals surface area (Å²) in [5.41, 5.74) is 2.70. The molecular weight excluding hydrogens is 402 g/mol. The van der Waals surface area contributed by atoms with Crippen LogP contribution in [0.2, 0.25) is 0 Å². The Morgan fingerprint density at radius 1 is 1.29 bits per heavy atom. The molecule has 1 aromatic heterocycles. The van der Waals surface area contributed by atoms with Crippen LogP contribution in [0.25, 0.3) is 5.57 Å². The Morgan fingerprint density at radius 3 is 2.75 bits per heavy atom. The highest BCUT2D eigenvalue weighted by molar-refractivity contribution is 8.00. The fourth-order valence-corrected chi connectivity index (χ4v) is 5.09. The Balaban J connectivity index is 1.44. The van der Waals surface area contributed by atoms with E-state index in [0.29, 0.717) is 16.3 Å². The molecule has 1 saturated heterocycles. The van der Waals surface area contributed by atoms with Crippen LogP contribution >= 0.6 is 23.1 Å². The van der Waals surface area contributed by atoms with Gasteiger partial charge in [-0.25, -0.2) is 4.79 Å². The molecule has 28 heavy (non-hydrogen) atoms. The summed E-state index contributed by atoms with van der Waals surface area (Å²) in [7, 11) is 0. The number of thioether (sulfide) groups is 1. The number of rotatable bonds is 6. The Bertz CT molecular complexity index is 948. The molecule has 144 valence electrons. The van der Waals surface area contributed by atoms with Crippen LogP contribution in [-0.4, -0.2) is 61.7 Å². The number of β-lactam (4-membered cyclic amide) rings is 1.